The second-order valence-corrected chi connectivity index (χ2v) is 6.50. The summed E-state index contributed by atoms with van der Waals surface area (Å²) in [5.74, 6) is 0.830. The first-order valence-electron chi connectivity index (χ1n) is 6.66. The lowest BCUT2D eigenvalue weighted by Crippen LogP contribution is -2.18. The average molecular weight is 417 g/mol. The molecule has 2 aromatic rings. The second-order valence-electron chi connectivity index (χ2n) is 4.67. The van der Waals surface area contributed by atoms with E-state index in [9.17, 15) is 4.39 Å². The van der Waals surface area contributed by atoms with Crippen molar-refractivity contribution in [2.45, 2.75) is 19.9 Å². The van der Waals surface area contributed by atoms with Gasteiger partial charge in [-0.1, -0.05) is 44.8 Å². The molecule has 0 spiro atoms. The SMILES string of the molecule is CCNC(C)c1ccc(Br)cc1Oc1cc(F)cc(Br)c1. The van der Waals surface area contributed by atoms with E-state index in [2.05, 4.69) is 51.0 Å². The lowest BCUT2D eigenvalue weighted by atomic mass is 10.1. The van der Waals surface area contributed by atoms with Crippen LogP contribution in [-0.2, 0) is 0 Å². The summed E-state index contributed by atoms with van der Waals surface area (Å²) in [7, 11) is 0. The highest BCUT2D eigenvalue weighted by atomic mass is 79.9. The third-order valence-electron chi connectivity index (χ3n) is 3.02. The minimum atomic E-state index is -0.337. The zero-order valence-corrected chi connectivity index (χ0v) is 15.0. The van der Waals surface area contributed by atoms with Gasteiger partial charge in [0.1, 0.15) is 17.3 Å². The van der Waals surface area contributed by atoms with Crippen molar-refractivity contribution < 1.29 is 9.13 Å². The molecule has 0 saturated heterocycles. The first-order chi connectivity index (χ1) is 9.99. The van der Waals surface area contributed by atoms with E-state index in [1.807, 2.05) is 18.2 Å². The van der Waals surface area contributed by atoms with Crippen molar-refractivity contribution in [1.29, 1.82) is 0 Å². The molecule has 0 heterocycles. The van der Waals surface area contributed by atoms with Gasteiger partial charge in [-0.25, -0.2) is 4.39 Å². The van der Waals surface area contributed by atoms with Crippen LogP contribution in [0.25, 0.3) is 0 Å². The molecular formula is C16H16Br2FNO. The van der Waals surface area contributed by atoms with Crippen LogP contribution >= 0.6 is 31.9 Å². The van der Waals surface area contributed by atoms with Crippen LogP contribution in [0.15, 0.2) is 45.3 Å². The Morgan fingerprint density at radius 3 is 2.57 bits per heavy atom. The van der Waals surface area contributed by atoms with Crippen LogP contribution < -0.4 is 10.1 Å². The highest BCUT2D eigenvalue weighted by Gasteiger charge is 2.13. The molecule has 1 atom stereocenters. The molecule has 0 fully saturated rings. The van der Waals surface area contributed by atoms with Gasteiger partial charge in [-0.05, 0) is 37.7 Å². The fourth-order valence-electron chi connectivity index (χ4n) is 2.08. The second kappa shape index (κ2) is 7.38. The van der Waals surface area contributed by atoms with Gasteiger partial charge in [-0.15, -0.1) is 0 Å². The van der Waals surface area contributed by atoms with Crippen LogP contribution in [-0.4, -0.2) is 6.54 Å². The lowest BCUT2D eigenvalue weighted by molar-refractivity contribution is 0.458. The molecule has 2 aromatic carbocycles. The minimum absolute atomic E-state index is 0.148. The van der Waals surface area contributed by atoms with Gasteiger partial charge in [-0.3, -0.25) is 0 Å². The summed E-state index contributed by atoms with van der Waals surface area (Å²) in [5.41, 5.74) is 1.03. The molecule has 0 aromatic heterocycles. The lowest BCUT2D eigenvalue weighted by Gasteiger charge is -2.18. The Bertz CT molecular complexity index is 613. The molecule has 2 rings (SSSR count). The highest BCUT2D eigenvalue weighted by Crippen LogP contribution is 2.33. The number of benzene rings is 2. The average Bonchev–Trinajstić information content (AvgIpc) is 2.37. The molecule has 1 N–H and O–H groups in total. The summed E-state index contributed by atoms with van der Waals surface area (Å²) in [6.07, 6.45) is 0. The first kappa shape index (κ1) is 16.5. The molecule has 0 saturated carbocycles. The van der Waals surface area contributed by atoms with Crippen LogP contribution in [0.3, 0.4) is 0 Å². The third-order valence-corrected chi connectivity index (χ3v) is 3.97. The Morgan fingerprint density at radius 1 is 1.14 bits per heavy atom. The van der Waals surface area contributed by atoms with Gasteiger partial charge in [0.25, 0.3) is 0 Å². The Morgan fingerprint density at radius 2 is 1.90 bits per heavy atom. The van der Waals surface area contributed by atoms with E-state index in [-0.39, 0.29) is 11.9 Å². The van der Waals surface area contributed by atoms with E-state index in [4.69, 9.17) is 4.74 Å². The Balaban J connectivity index is 2.35. The fourth-order valence-corrected chi connectivity index (χ4v) is 2.87. The summed E-state index contributed by atoms with van der Waals surface area (Å²) in [4.78, 5) is 0. The van der Waals surface area contributed by atoms with Gasteiger partial charge in [0.2, 0.25) is 0 Å². The molecule has 0 bridgehead atoms. The van der Waals surface area contributed by atoms with Crippen LogP contribution in [0.4, 0.5) is 4.39 Å². The Kier molecular flexibility index (Phi) is 5.79. The highest BCUT2D eigenvalue weighted by molar-refractivity contribution is 9.10. The topological polar surface area (TPSA) is 21.3 Å². The van der Waals surface area contributed by atoms with Gasteiger partial charge in [0.05, 0.1) is 0 Å². The van der Waals surface area contributed by atoms with E-state index in [0.29, 0.717) is 16.0 Å². The molecule has 0 aliphatic heterocycles. The van der Waals surface area contributed by atoms with E-state index in [1.165, 1.54) is 12.1 Å². The van der Waals surface area contributed by atoms with Gasteiger partial charge >= 0.3 is 0 Å². The minimum Gasteiger partial charge on any atom is -0.457 e. The van der Waals surface area contributed by atoms with Crippen LogP contribution in [0.1, 0.15) is 25.5 Å². The van der Waals surface area contributed by atoms with E-state index >= 15 is 0 Å². The standard InChI is InChI=1S/C16H16Br2FNO/c1-3-20-10(2)15-5-4-11(17)8-16(15)21-14-7-12(18)6-13(19)9-14/h4-10,20H,3H2,1-2H3. The third kappa shape index (κ3) is 4.53. The van der Waals surface area contributed by atoms with E-state index in [0.717, 1.165) is 16.6 Å². The Hall–Kier alpha value is -0.910. The molecule has 21 heavy (non-hydrogen) atoms. The molecule has 112 valence electrons. The van der Waals surface area contributed by atoms with Crippen molar-refractivity contribution in [3.63, 3.8) is 0 Å². The van der Waals surface area contributed by atoms with Crippen LogP contribution in [0.5, 0.6) is 11.5 Å². The van der Waals surface area contributed by atoms with Crippen LogP contribution in [0.2, 0.25) is 0 Å². The van der Waals surface area contributed by atoms with E-state index < -0.39 is 0 Å². The number of nitrogens with one attached hydrogen (secondary N) is 1. The molecule has 0 radical (unpaired) electrons. The first-order valence-corrected chi connectivity index (χ1v) is 8.25. The number of rotatable bonds is 5. The number of hydrogen-bond donors (Lipinski definition) is 1. The van der Waals surface area contributed by atoms with Gasteiger partial charge < -0.3 is 10.1 Å². The molecular weight excluding hydrogens is 401 g/mol. The van der Waals surface area contributed by atoms with E-state index in [1.54, 1.807) is 6.07 Å². The van der Waals surface area contributed by atoms with Crippen LogP contribution in [0, 0.1) is 5.82 Å². The molecule has 5 heteroatoms. The summed E-state index contributed by atoms with van der Waals surface area (Å²) in [6, 6.07) is 10.5. The Labute approximate surface area is 141 Å². The molecule has 2 nitrogen and oxygen atoms in total. The van der Waals surface area contributed by atoms with Crippen molar-refractivity contribution in [3.05, 3.63) is 56.7 Å². The number of halogens is 3. The maximum Gasteiger partial charge on any atom is 0.133 e. The van der Waals surface area contributed by atoms with Crippen molar-refractivity contribution in [2.24, 2.45) is 0 Å². The summed E-state index contributed by atoms with van der Waals surface area (Å²) < 4.78 is 20.9. The quantitative estimate of drug-likeness (QED) is 0.663. The fraction of sp³-hybridized carbons (Fsp3) is 0.250. The normalized spacial score (nSPS) is 12.2. The number of ether oxygens (including phenoxy) is 1. The smallest absolute Gasteiger partial charge is 0.133 e. The largest absolute Gasteiger partial charge is 0.457 e. The zero-order chi connectivity index (χ0) is 15.4. The maximum absolute atomic E-state index is 13.5. The molecule has 0 aliphatic carbocycles. The van der Waals surface area contributed by atoms with Crippen molar-refractivity contribution >= 4 is 31.9 Å². The monoisotopic (exact) mass is 415 g/mol. The van der Waals surface area contributed by atoms with Crippen molar-refractivity contribution in [3.8, 4) is 11.5 Å². The molecule has 1 unspecified atom stereocenters. The van der Waals surface area contributed by atoms with Crippen molar-refractivity contribution in [2.75, 3.05) is 6.54 Å². The maximum atomic E-state index is 13.5. The predicted octanol–water partition coefficient (Wildman–Crippen LogP) is 5.81. The predicted molar refractivity (Wildman–Crippen MR) is 90.4 cm³/mol. The summed E-state index contributed by atoms with van der Waals surface area (Å²) in [6.45, 7) is 4.99. The zero-order valence-electron chi connectivity index (χ0n) is 11.8. The van der Waals surface area contributed by atoms with Gasteiger partial charge in [-0.2, -0.15) is 0 Å². The number of hydrogen-bond acceptors (Lipinski definition) is 2. The van der Waals surface area contributed by atoms with Crippen molar-refractivity contribution in [1.82, 2.24) is 5.32 Å². The summed E-state index contributed by atoms with van der Waals surface area (Å²) >= 11 is 6.71. The van der Waals surface area contributed by atoms with Gasteiger partial charge in [0.15, 0.2) is 0 Å². The molecule has 0 aliphatic rings. The van der Waals surface area contributed by atoms with Gasteiger partial charge in [0, 0.05) is 26.6 Å². The summed E-state index contributed by atoms with van der Waals surface area (Å²) in [5, 5.41) is 3.35. The molecule has 0 amide bonds.